The molecule has 4 nitrogen and oxygen atoms in total. The topological polar surface area (TPSA) is 47.9 Å². The van der Waals surface area contributed by atoms with Crippen molar-refractivity contribution in [3.05, 3.63) is 38.7 Å². The van der Waals surface area contributed by atoms with Crippen molar-refractivity contribution in [2.24, 2.45) is 0 Å². The first-order valence-electron chi connectivity index (χ1n) is 4.56. The molecule has 1 aromatic carbocycles. The largest absolute Gasteiger partial charge is 0.436 e. The molecule has 0 spiro atoms. The molecule has 2 aromatic rings. The summed E-state index contributed by atoms with van der Waals surface area (Å²) in [6, 6.07) is 5.49. The van der Waals surface area contributed by atoms with Crippen molar-refractivity contribution in [1.82, 2.24) is 15.2 Å². The molecule has 1 aromatic heterocycles. The van der Waals surface area contributed by atoms with Gasteiger partial charge in [0.05, 0.1) is 0 Å². The molecule has 0 fully saturated rings. The van der Waals surface area contributed by atoms with Crippen LogP contribution in [-0.4, -0.2) is 15.2 Å². The van der Waals surface area contributed by atoms with E-state index in [9.17, 15) is 0 Å². The number of aromatic nitrogens is 3. The van der Waals surface area contributed by atoms with Crippen LogP contribution in [0.15, 0.2) is 22.7 Å². The lowest BCUT2D eigenvalue weighted by Crippen LogP contribution is -1.95. The Bertz CT molecular complexity index is 565. The number of hydrogen-bond donors (Lipinski definition) is 0. The van der Waals surface area contributed by atoms with E-state index >= 15 is 0 Å². The molecule has 0 radical (unpaired) electrons. The van der Waals surface area contributed by atoms with Crippen molar-refractivity contribution in [2.45, 2.75) is 6.92 Å². The molecule has 0 aliphatic carbocycles. The number of benzene rings is 1. The van der Waals surface area contributed by atoms with Crippen molar-refractivity contribution in [3.63, 3.8) is 0 Å². The van der Waals surface area contributed by atoms with Crippen LogP contribution in [0.4, 0.5) is 0 Å². The van der Waals surface area contributed by atoms with E-state index in [1.165, 1.54) is 0 Å². The Hall–Kier alpha value is -0.910. The van der Waals surface area contributed by atoms with Gasteiger partial charge in [-0.1, -0.05) is 27.5 Å². The van der Waals surface area contributed by atoms with Crippen LogP contribution in [0.1, 0.15) is 5.56 Å². The first-order chi connectivity index (χ1) is 8.06. The molecule has 0 unspecified atom stereocenters. The summed E-state index contributed by atoms with van der Waals surface area (Å²) < 4.78 is 6.47. The normalized spacial score (nSPS) is 10.4. The Balaban J connectivity index is 2.31. The van der Waals surface area contributed by atoms with Gasteiger partial charge in [0.25, 0.3) is 5.88 Å². The molecule has 0 aliphatic rings. The van der Waals surface area contributed by atoms with Crippen molar-refractivity contribution >= 4 is 39.1 Å². The smallest absolute Gasteiger partial charge is 0.262 e. The van der Waals surface area contributed by atoms with E-state index in [0.29, 0.717) is 5.75 Å². The molecule has 0 amide bonds. The van der Waals surface area contributed by atoms with Gasteiger partial charge in [-0.25, -0.2) is 0 Å². The third-order valence-corrected chi connectivity index (χ3v) is 3.22. The van der Waals surface area contributed by atoms with Gasteiger partial charge in [0.15, 0.2) is 0 Å². The maximum absolute atomic E-state index is 5.79. The zero-order valence-corrected chi connectivity index (χ0v) is 11.7. The average Bonchev–Trinajstić information content (AvgIpc) is 2.29. The standard InChI is InChI=1S/C10H6BrCl2N3O/c1-5-4-6(2-3-7(5)11)17-9-8(12)15-16-10(13)14-9/h2-4H,1H3. The van der Waals surface area contributed by atoms with Gasteiger partial charge in [-0.05, 0) is 42.3 Å². The lowest BCUT2D eigenvalue weighted by atomic mass is 10.2. The SMILES string of the molecule is Cc1cc(Oc2nc(Cl)nnc2Cl)ccc1Br. The summed E-state index contributed by atoms with van der Waals surface area (Å²) in [5.74, 6) is 0.734. The molecular weight excluding hydrogens is 329 g/mol. The number of rotatable bonds is 2. The van der Waals surface area contributed by atoms with Gasteiger partial charge in [-0.15, -0.1) is 10.2 Å². The van der Waals surface area contributed by atoms with Gasteiger partial charge in [0.1, 0.15) is 5.75 Å². The summed E-state index contributed by atoms with van der Waals surface area (Å²) in [5.41, 5.74) is 1.03. The molecule has 88 valence electrons. The maximum atomic E-state index is 5.79. The summed E-state index contributed by atoms with van der Waals surface area (Å²) in [7, 11) is 0. The molecule has 17 heavy (non-hydrogen) atoms. The predicted molar refractivity (Wildman–Crippen MR) is 68.8 cm³/mol. The maximum Gasteiger partial charge on any atom is 0.262 e. The highest BCUT2D eigenvalue weighted by Crippen LogP contribution is 2.28. The highest BCUT2D eigenvalue weighted by molar-refractivity contribution is 9.10. The van der Waals surface area contributed by atoms with Gasteiger partial charge < -0.3 is 4.74 Å². The van der Waals surface area contributed by atoms with Crippen LogP contribution in [0, 0.1) is 6.92 Å². The number of hydrogen-bond acceptors (Lipinski definition) is 4. The Labute approximate surface area is 116 Å². The summed E-state index contributed by atoms with van der Waals surface area (Å²) in [5, 5.41) is 7.15. The zero-order valence-electron chi connectivity index (χ0n) is 8.62. The minimum absolute atomic E-state index is 0.0155. The van der Waals surface area contributed by atoms with Gasteiger partial charge >= 0.3 is 0 Å². The minimum Gasteiger partial charge on any atom is -0.436 e. The van der Waals surface area contributed by atoms with Gasteiger partial charge in [0, 0.05) is 4.47 Å². The number of nitrogens with zero attached hydrogens (tertiary/aromatic N) is 3. The van der Waals surface area contributed by atoms with Crippen molar-refractivity contribution in [2.75, 3.05) is 0 Å². The molecule has 2 rings (SSSR count). The summed E-state index contributed by atoms with van der Waals surface area (Å²) in [6.45, 7) is 1.95. The quantitative estimate of drug-likeness (QED) is 0.831. The van der Waals surface area contributed by atoms with Crippen LogP contribution in [0.2, 0.25) is 10.4 Å². The molecule has 0 atom stereocenters. The molecule has 1 heterocycles. The van der Waals surface area contributed by atoms with E-state index in [1.807, 2.05) is 19.1 Å². The van der Waals surface area contributed by atoms with Crippen molar-refractivity contribution < 1.29 is 4.74 Å². The second kappa shape index (κ2) is 5.16. The lowest BCUT2D eigenvalue weighted by Gasteiger charge is -2.06. The summed E-state index contributed by atoms with van der Waals surface area (Å²) in [4.78, 5) is 3.85. The molecule has 0 saturated carbocycles. The van der Waals surface area contributed by atoms with E-state index in [2.05, 4.69) is 31.1 Å². The fourth-order valence-corrected chi connectivity index (χ4v) is 1.62. The van der Waals surface area contributed by atoms with Crippen molar-refractivity contribution in [1.29, 1.82) is 0 Å². The van der Waals surface area contributed by atoms with Crippen LogP contribution in [-0.2, 0) is 0 Å². The van der Waals surface area contributed by atoms with Crippen LogP contribution < -0.4 is 4.74 Å². The van der Waals surface area contributed by atoms with E-state index in [-0.39, 0.29) is 16.3 Å². The Morgan fingerprint density at radius 3 is 2.71 bits per heavy atom. The number of halogens is 3. The zero-order chi connectivity index (χ0) is 12.4. The fourth-order valence-electron chi connectivity index (χ4n) is 1.14. The van der Waals surface area contributed by atoms with Crippen LogP contribution in [0.25, 0.3) is 0 Å². The first-order valence-corrected chi connectivity index (χ1v) is 6.11. The van der Waals surface area contributed by atoms with Gasteiger partial charge in [0.2, 0.25) is 10.4 Å². The second-order valence-corrected chi connectivity index (χ2v) is 4.74. The average molecular weight is 335 g/mol. The van der Waals surface area contributed by atoms with Crippen molar-refractivity contribution in [3.8, 4) is 11.6 Å². The molecule has 0 aliphatic heterocycles. The lowest BCUT2D eigenvalue weighted by molar-refractivity contribution is 0.457. The number of aryl methyl sites for hydroxylation is 1. The van der Waals surface area contributed by atoms with E-state index in [1.54, 1.807) is 6.07 Å². The van der Waals surface area contributed by atoms with E-state index in [0.717, 1.165) is 10.0 Å². The molecule has 0 saturated heterocycles. The third kappa shape index (κ3) is 3.06. The molecule has 0 N–H and O–H groups in total. The summed E-state index contributed by atoms with van der Waals surface area (Å²) >= 11 is 14.8. The monoisotopic (exact) mass is 333 g/mol. The van der Waals surface area contributed by atoms with E-state index in [4.69, 9.17) is 27.9 Å². The van der Waals surface area contributed by atoms with Gasteiger partial charge in [-0.2, -0.15) is 4.98 Å². The predicted octanol–water partition coefficient (Wildman–Crippen LogP) is 4.04. The highest BCUT2D eigenvalue weighted by atomic mass is 79.9. The van der Waals surface area contributed by atoms with E-state index < -0.39 is 0 Å². The second-order valence-electron chi connectivity index (χ2n) is 3.19. The Morgan fingerprint density at radius 2 is 2.00 bits per heavy atom. The Kier molecular flexibility index (Phi) is 3.81. The molecular formula is C10H6BrCl2N3O. The van der Waals surface area contributed by atoms with Crippen LogP contribution >= 0.6 is 39.1 Å². The van der Waals surface area contributed by atoms with Crippen LogP contribution in [0.3, 0.4) is 0 Å². The first kappa shape index (κ1) is 12.5. The Morgan fingerprint density at radius 1 is 1.24 bits per heavy atom. The summed E-state index contributed by atoms with van der Waals surface area (Å²) in [6.07, 6.45) is 0. The highest BCUT2D eigenvalue weighted by Gasteiger charge is 2.09. The minimum atomic E-state index is -0.0155. The van der Waals surface area contributed by atoms with Crippen LogP contribution in [0.5, 0.6) is 11.6 Å². The third-order valence-electron chi connectivity index (χ3n) is 1.93. The van der Waals surface area contributed by atoms with Gasteiger partial charge in [-0.3, -0.25) is 0 Å². The number of ether oxygens (including phenoxy) is 1. The molecule has 7 heteroatoms. The molecule has 0 bridgehead atoms. The fraction of sp³-hybridized carbons (Fsp3) is 0.100.